The third kappa shape index (κ3) is 5.47. The quantitative estimate of drug-likeness (QED) is 0.489. The monoisotopic (exact) mass is 434 g/mol. The average Bonchev–Trinajstić information content (AvgIpc) is 3.17. The number of nitrogens with one attached hydrogen (secondary N) is 1. The number of ether oxygens (including phenoxy) is 1. The summed E-state index contributed by atoms with van der Waals surface area (Å²) in [5, 5.41) is 6.45. The SMILES string of the molecule is CC(C)CNC(=O)c1csc(-c2cccc(OCc3ccc(Cl)c(Cl)c3)c2)n1. The summed E-state index contributed by atoms with van der Waals surface area (Å²) in [6.45, 7) is 5.11. The summed E-state index contributed by atoms with van der Waals surface area (Å²) in [5.41, 5.74) is 2.26. The maximum atomic E-state index is 12.2. The molecule has 0 aliphatic carbocycles. The van der Waals surface area contributed by atoms with E-state index < -0.39 is 0 Å². The van der Waals surface area contributed by atoms with Gasteiger partial charge in [-0.05, 0) is 35.7 Å². The number of benzene rings is 2. The Labute approximate surface area is 178 Å². The van der Waals surface area contributed by atoms with Crippen LogP contribution >= 0.6 is 34.5 Å². The fourth-order valence-corrected chi connectivity index (χ4v) is 3.53. The Bertz CT molecular complexity index is 973. The van der Waals surface area contributed by atoms with Gasteiger partial charge in [-0.25, -0.2) is 4.98 Å². The average molecular weight is 435 g/mol. The van der Waals surface area contributed by atoms with Crippen LogP contribution in [0.15, 0.2) is 47.8 Å². The van der Waals surface area contributed by atoms with Crippen LogP contribution < -0.4 is 10.1 Å². The van der Waals surface area contributed by atoms with E-state index in [1.54, 1.807) is 17.5 Å². The summed E-state index contributed by atoms with van der Waals surface area (Å²) in [6.07, 6.45) is 0. The first-order valence-electron chi connectivity index (χ1n) is 8.83. The number of hydrogen-bond donors (Lipinski definition) is 1. The number of halogens is 2. The van der Waals surface area contributed by atoms with E-state index in [1.165, 1.54) is 11.3 Å². The molecule has 0 aliphatic heterocycles. The van der Waals surface area contributed by atoms with Gasteiger partial charge in [0.25, 0.3) is 5.91 Å². The largest absolute Gasteiger partial charge is 0.489 e. The van der Waals surface area contributed by atoms with Crippen molar-refractivity contribution in [2.45, 2.75) is 20.5 Å². The maximum absolute atomic E-state index is 12.2. The number of hydrogen-bond acceptors (Lipinski definition) is 4. The van der Waals surface area contributed by atoms with Gasteiger partial charge in [-0.2, -0.15) is 0 Å². The molecule has 0 unspecified atom stereocenters. The highest BCUT2D eigenvalue weighted by Gasteiger charge is 2.12. The van der Waals surface area contributed by atoms with Gasteiger partial charge in [-0.1, -0.05) is 55.2 Å². The Kier molecular flexibility index (Phi) is 6.94. The van der Waals surface area contributed by atoms with Crippen molar-refractivity contribution in [2.24, 2.45) is 5.92 Å². The summed E-state index contributed by atoms with van der Waals surface area (Å²) in [7, 11) is 0. The molecule has 3 rings (SSSR count). The van der Waals surface area contributed by atoms with E-state index >= 15 is 0 Å². The number of carbonyl (C=O) groups is 1. The third-order valence-corrected chi connectivity index (χ3v) is 5.51. The number of rotatable bonds is 7. The van der Waals surface area contributed by atoms with Crippen molar-refractivity contribution in [1.29, 1.82) is 0 Å². The Hall–Kier alpha value is -2.08. The molecule has 2 aromatic carbocycles. The fourth-order valence-electron chi connectivity index (χ4n) is 2.41. The first kappa shape index (κ1) is 20.6. The molecule has 0 saturated heterocycles. The summed E-state index contributed by atoms with van der Waals surface area (Å²) in [6, 6.07) is 13.1. The van der Waals surface area contributed by atoms with Crippen molar-refractivity contribution in [3.63, 3.8) is 0 Å². The molecule has 146 valence electrons. The second-order valence-electron chi connectivity index (χ2n) is 6.71. The van der Waals surface area contributed by atoms with Crippen LogP contribution in [0, 0.1) is 5.92 Å². The molecule has 0 radical (unpaired) electrons. The minimum atomic E-state index is -0.150. The number of aromatic nitrogens is 1. The molecule has 0 saturated carbocycles. The van der Waals surface area contributed by atoms with E-state index in [0.29, 0.717) is 40.6 Å². The highest BCUT2D eigenvalue weighted by Crippen LogP contribution is 2.28. The molecule has 0 fully saturated rings. The second-order valence-corrected chi connectivity index (χ2v) is 8.38. The summed E-state index contributed by atoms with van der Waals surface area (Å²) < 4.78 is 5.86. The van der Waals surface area contributed by atoms with Crippen LogP contribution in [0.2, 0.25) is 10.0 Å². The number of amides is 1. The second kappa shape index (κ2) is 9.41. The molecule has 7 heteroatoms. The van der Waals surface area contributed by atoms with Crippen molar-refractivity contribution in [2.75, 3.05) is 6.54 Å². The van der Waals surface area contributed by atoms with Gasteiger partial charge < -0.3 is 10.1 Å². The minimum absolute atomic E-state index is 0.150. The normalized spacial score (nSPS) is 10.9. The van der Waals surface area contributed by atoms with Gasteiger partial charge in [0.15, 0.2) is 0 Å². The van der Waals surface area contributed by atoms with Crippen molar-refractivity contribution in [3.05, 3.63) is 69.1 Å². The van der Waals surface area contributed by atoms with Crippen LogP contribution in [0.1, 0.15) is 29.9 Å². The van der Waals surface area contributed by atoms with E-state index in [0.717, 1.165) is 16.1 Å². The first-order chi connectivity index (χ1) is 13.4. The Morgan fingerprint density at radius 2 is 2.00 bits per heavy atom. The summed E-state index contributed by atoms with van der Waals surface area (Å²) in [5.74, 6) is 0.958. The Morgan fingerprint density at radius 1 is 1.18 bits per heavy atom. The van der Waals surface area contributed by atoms with Crippen LogP contribution in [0.25, 0.3) is 10.6 Å². The lowest BCUT2D eigenvalue weighted by atomic mass is 10.2. The summed E-state index contributed by atoms with van der Waals surface area (Å²) >= 11 is 13.4. The van der Waals surface area contributed by atoms with Gasteiger partial charge in [0.1, 0.15) is 23.1 Å². The lowest BCUT2D eigenvalue weighted by Crippen LogP contribution is -2.27. The van der Waals surface area contributed by atoms with Gasteiger partial charge in [0, 0.05) is 17.5 Å². The zero-order valence-electron chi connectivity index (χ0n) is 15.5. The van der Waals surface area contributed by atoms with Crippen LogP contribution in [0.4, 0.5) is 0 Å². The molecule has 1 heterocycles. The Balaban J connectivity index is 1.67. The van der Waals surface area contributed by atoms with Crippen molar-refractivity contribution in [1.82, 2.24) is 10.3 Å². The molecule has 1 N–H and O–H groups in total. The van der Waals surface area contributed by atoms with Gasteiger partial charge in [0.2, 0.25) is 0 Å². The molecule has 1 aromatic heterocycles. The van der Waals surface area contributed by atoms with Crippen molar-refractivity contribution >= 4 is 40.4 Å². The molecule has 1 amide bonds. The predicted molar refractivity (Wildman–Crippen MR) is 116 cm³/mol. The zero-order valence-corrected chi connectivity index (χ0v) is 17.9. The van der Waals surface area contributed by atoms with E-state index in [4.69, 9.17) is 27.9 Å². The van der Waals surface area contributed by atoms with Crippen molar-refractivity contribution < 1.29 is 9.53 Å². The van der Waals surface area contributed by atoms with Crippen LogP contribution in [-0.4, -0.2) is 17.4 Å². The lowest BCUT2D eigenvalue weighted by molar-refractivity contribution is 0.0945. The van der Waals surface area contributed by atoms with Crippen LogP contribution in [0.5, 0.6) is 5.75 Å². The van der Waals surface area contributed by atoms with Crippen molar-refractivity contribution in [3.8, 4) is 16.3 Å². The molecule has 0 bridgehead atoms. The highest BCUT2D eigenvalue weighted by molar-refractivity contribution is 7.13. The van der Waals surface area contributed by atoms with E-state index in [2.05, 4.69) is 24.1 Å². The standard InChI is InChI=1S/C21H20Cl2N2O2S/c1-13(2)10-24-20(26)19-12-28-21(25-19)15-4-3-5-16(9-15)27-11-14-6-7-17(22)18(23)8-14/h3-9,12-13H,10-11H2,1-2H3,(H,24,26). The van der Waals surface area contributed by atoms with E-state index in [9.17, 15) is 4.79 Å². The zero-order chi connectivity index (χ0) is 20.1. The molecule has 4 nitrogen and oxygen atoms in total. The van der Waals surface area contributed by atoms with Gasteiger partial charge in [-0.15, -0.1) is 11.3 Å². The molecular formula is C21H20Cl2N2O2S. The molecule has 3 aromatic rings. The van der Waals surface area contributed by atoms with Crippen LogP contribution in [-0.2, 0) is 6.61 Å². The smallest absolute Gasteiger partial charge is 0.270 e. The molecule has 28 heavy (non-hydrogen) atoms. The van der Waals surface area contributed by atoms with Gasteiger partial charge in [-0.3, -0.25) is 4.79 Å². The molecule has 0 aliphatic rings. The first-order valence-corrected chi connectivity index (χ1v) is 10.5. The molecule has 0 atom stereocenters. The topological polar surface area (TPSA) is 51.2 Å². The highest BCUT2D eigenvalue weighted by atomic mass is 35.5. The van der Waals surface area contributed by atoms with Gasteiger partial charge >= 0.3 is 0 Å². The number of carbonyl (C=O) groups excluding carboxylic acids is 1. The fraction of sp³-hybridized carbons (Fsp3) is 0.238. The molecular weight excluding hydrogens is 415 g/mol. The lowest BCUT2D eigenvalue weighted by Gasteiger charge is -2.08. The maximum Gasteiger partial charge on any atom is 0.270 e. The van der Waals surface area contributed by atoms with Crippen LogP contribution in [0.3, 0.4) is 0 Å². The number of nitrogens with zero attached hydrogens (tertiary/aromatic N) is 1. The van der Waals surface area contributed by atoms with Gasteiger partial charge in [0.05, 0.1) is 10.0 Å². The summed E-state index contributed by atoms with van der Waals surface area (Å²) in [4.78, 5) is 16.6. The van der Waals surface area contributed by atoms with E-state index in [1.807, 2.05) is 30.3 Å². The number of thiazole rings is 1. The molecule has 0 spiro atoms. The third-order valence-electron chi connectivity index (χ3n) is 3.88. The predicted octanol–water partition coefficient (Wildman–Crippen LogP) is 6.08. The van der Waals surface area contributed by atoms with E-state index in [-0.39, 0.29) is 5.91 Å². The minimum Gasteiger partial charge on any atom is -0.489 e. The Morgan fingerprint density at radius 3 is 2.75 bits per heavy atom.